The van der Waals surface area contributed by atoms with Gasteiger partial charge in [-0.25, -0.2) is 4.98 Å². The van der Waals surface area contributed by atoms with Crippen molar-refractivity contribution in [2.45, 2.75) is 0 Å². The number of halogens is 1. The van der Waals surface area contributed by atoms with Crippen LogP contribution >= 0.6 is 11.6 Å². The van der Waals surface area contributed by atoms with E-state index in [-0.39, 0.29) is 11.7 Å². The van der Waals surface area contributed by atoms with Crippen molar-refractivity contribution in [3.8, 4) is 22.7 Å². The Bertz CT molecular complexity index is 1150. The third kappa shape index (κ3) is 3.47. The van der Waals surface area contributed by atoms with Gasteiger partial charge in [0.05, 0.1) is 12.0 Å². The number of nitrogens with two attached hydrogens (primary N) is 1. The highest BCUT2D eigenvalue weighted by atomic mass is 35.5. The van der Waals surface area contributed by atoms with Gasteiger partial charge in [0.25, 0.3) is 5.91 Å². The van der Waals surface area contributed by atoms with Crippen LogP contribution in [-0.4, -0.2) is 20.7 Å². The van der Waals surface area contributed by atoms with E-state index in [1.165, 1.54) is 0 Å². The van der Waals surface area contributed by atoms with Gasteiger partial charge >= 0.3 is 0 Å². The van der Waals surface area contributed by atoms with Gasteiger partial charge in [-0.1, -0.05) is 17.7 Å². The van der Waals surface area contributed by atoms with Crippen molar-refractivity contribution < 1.29 is 9.21 Å². The molecule has 0 atom stereocenters. The number of nitrogens with zero attached hydrogens (tertiary/aromatic N) is 3. The SMILES string of the molecule is Cn1nc(-c2ccco2)cc1-c1ccc(NC(=O)c2cccc(Cl)c2)nc1N. The average molecular weight is 394 g/mol. The Morgan fingerprint density at radius 2 is 2.04 bits per heavy atom. The van der Waals surface area contributed by atoms with Crippen LogP contribution in [0.5, 0.6) is 0 Å². The van der Waals surface area contributed by atoms with Crippen LogP contribution in [0, 0.1) is 0 Å². The number of hydrogen-bond acceptors (Lipinski definition) is 5. The van der Waals surface area contributed by atoms with Crippen molar-refractivity contribution in [1.29, 1.82) is 0 Å². The highest BCUT2D eigenvalue weighted by Gasteiger charge is 2.15. The maximum absolute atomic E-state index is 12.3. The molecule has 1 amide bonds. The van der Waals surface area contributed by atoms with E-state index in [4.69, 9.17) is 21.8 Å². The van der Waals surface area contributed by atoms with Crippen LogP contribution in [0.1, 0.15) is 10.4 Å². The number of benzene rings is 1. The van der Waals surface area contributed by atoms with Crippen LogP contribution in [-0.2, 0) is 7.05 Å². The van der Waals surface area contributed by atoms with Gasteiger partial charge in [0.2, 0.25) is 0 Å². The van der Waals surface area contributed by atoms with Gasteiger partial charge in [0, 0.05) is 23.2 Å². The van der Waals surface area contributed by atoms with Gasteiger partial charge < -0.3 is 15.5 Å². The monoisotopic (exact) mass is 393 g/mol. The van der Waals surface area contributed by atoms with E-state index in [9.17, 15) is 4.79 Å². The minimum Gasteiger partial charge on any atom is -0.463 e. The van der Waals surface area contributed by atoms with E-state index in [0.717, 1.165) is 5.69 Å². The number of pyridine rings is 1. The second kappa shape index (κ2) is 7.21. The lowest BCUT2D eigenvalue weighted by Gasteiger charge is -2.09. The first kappa shape index (κ1) is 17.8. The van der Waals surface area contributed by atoms with E-state index >= 15 is 0 Å². The summed E-state index contributed by atoms with van der Waals surface area (Å²) in [6.45, 7) is 0. The molecule has 3 N–H and O–H groups in total. The Balaban J connectivity index is 1.59. The third-order valence-electron chi connectivity index (χ3n) is 4.18. The highest BCUT2D eigenvalue weighted by molar-refractivity contribution is 6.31. The molecule has 0 aliphatic carbocycles. The molecular formula is C20H16ClN5O2. The molecule has 0 saturated heterocycles. The molecule has 0 bridgehead atoms. The molecule has 140 valence electrons. The molecule has 0 radical (unpaired) electrons. The molecule has 0 aliphatic rings. The Kier molecular flexibility index (Phi) is 4.58. The van der Waals surface area contributed by atoms with Crippen LogP contribution in [0.15, 0.2) is 65.3 Å². The number of carbonyl (C=O) groups is 1. The third-order valence-corrected chi connectivity index (χ3v) is 4.42. The molecule has 3 heterocycles. The first-order valence-corrected chi connectivity index (χ1v) is 8.81. The molecule has 0 aliphatic heterocycles. The van der Waals surface area contributed by atoms with Crippen LogP contribution < -0.4 is 11.1 Å². The van der Waals surface area contributed by atoms with E-state index in [0.29, 0.717) is 33.4 Å². The quantitative estimate of drug-likeness (QED) is 0.540. The minimum atomic E-state index is -0.317. The molecule has 7 nitrogen and oxygen atoms in total. The van der Waals surface area contributed by atoms with E-state index in [1.54, 1.807) is 53.4 Å². The fraction of sp³-hybridized carbons (Fsp3) is 0.0500. The van der Waals surface area contributed by atoms with Crippen molar-refractivity contribution in [2.24, 2.45) is 7.05 Å². The average Bonchev–Trinajstić information content (AvgIpc) is 3.32. The lowest BCUT2D eigenvalue weighted by Crippen LogP contribution is -2.13. The molecule has 0 fully saturated rings. The number of hydrogen-bond donors (Lipinski definition) is 2. The van der Waals surface area contributed by atoms with Crippen molar-refractivity contribution >= 4 is 29.1 Å². The zero-order valence-electron chi connectivity index (χ0n) is 14.9. The number of aryl methyl sites for hydroxylation is 1. The van der Waals surface area contributed by atoms with E-state index in [1.807, 2.05) is 19.2 Å². The molecule has 8 heteroatoms. The van der Waals surface area contributed by atoms with Crippen molar-refractivity contribution in [3.63, 3.8) is 0 Å². The standard InChI is InChI=1S/C20H16ClN5O2/c1-26-16(11-15(25-26)17-6-3-9-28-17)14-7-8-18(23-19(14)22)24-20(27)12-4-2-5-13(21)10-12/h2-11H,1H3,(H3,22,23,24,27). The number of anilines is 2. The van der Waals surface area contributed by atoms with Crippen LogP contribution in [0.2, 0.25) is 5.02 Å². The summed E-state index contributed by atoms with van der Waals surface area (Å²) >= 11 is 5.93. The zero-order chi connectivity index (χ0) is 19.7. The molecule has 0 spiro atoms. The number of nitrogens with one attached hydrogen (secondary N) is 1. The number of nitrogen functional groups attached to an aromatic ring is 1. The predicted octanol–water partition coefficient (Wildman–Crippen LogP) is 4.23. The molecule has 4 rings (SSSR count). The second-order valence-corrected chi connectivity index (χ2v) is 6.55. The normalized spacial score (nSPS) is 10.8. The lowest BCUT2D eigenvalue weighted by molar-refractivity contribution is 0.102. The smallest absolute Gasteiger partial charge is 0.256 e. The second-order valence-electron chi connectivity index (χ2n) is 6.11. The van der Waals surface area contributed by atoms with Crippen LogP contribution in [0.25, 0.3) is 22.7 Å². The van der Waals surface area contributed by atoms with Gasteiger partial charge in [0.15, 0.2) is 5.76 Å². The fourth-order valence-electron chi connectivity index (χ4n) is 2.84. The summed E-state index contributed by atoms with van der Waals surface area (Å²) in [5, 5.41) is 7.65. The number of amides is 1. The van der Waals surface area contributed by atoms with Crippen molar-refractivity contribution in [1.82, 2.24) is 14.8 Å². The Morgan fingerprint density at radius 1 is 1.18 bits per heavy atom. The number of aromatic nitrogens is 3. The molecule has 0 saturated carbocycles. The van der Waals surface area contributed by atoms with Crippen molar-refractivity contribution in [2.75, 3.05) is 11.1 Å². The molecule has 0 unspecified atom stereocenters. The Hall–Kier alpha value is -3.58. The van der Waals surface area contributed by atoms with Gasteiger partial charge in [-0.3, -0.25) is 9.48 Å². The summed E-state index contributed by atoms with van der Waals surface area (Å²) in [6.07, 6.45) is 1.59. The van der Waals surface area contributed by atoms with Gasteiger partial charge in [0.1, 0.15) is 17.3 Å². The maximum atomic E-state index is 12.3. The van der Waals surface area contributed by atoms with Gasteiger partial charge in [-0.2, -0.15) is 5.10 Å². The van der Waals surface area contributed by atoms with Crippen LogP contribution in [0.4, 0.5) is 11.6 Å². The summed E-state index contributed by atoms with van der Waals surface area (Å²) in [6, 6.07) is 15.7. The van der Waals surface area contributed by atoms with Crippen LogP contribution in [0.3, 0.4) is 0 Å². The molecule has 1 aromatic carbocycles. The number of carbonyl (C=O) groups excluding carboxylic acids is 1. The summed E-state index contributed by atoms with van der Waals surface area (Å²) in [5.74, 6) is 0.971. The van der Waals surface area contributed by atoms with Gasteiger partial charge in [-0.05, 0) is 48.5 Å². The van der Waals surface area contributed by atoms with Crippen molar-refractivity contribution in [3.05, 3.63) is 71.4 Å². The highest BCUT2D eigenvalue weighted by Crippen LogP contribution is 2.29. The zero-order valence-corrected chi connectivity index (χ0v) is 15.6. The first-order chi connectivity index (χ1) is 13.5. The maximum Gasteiger partial charge on any atom is 0.256 e. The predicted molar refractivity (Wildman–Crippen MR) is 108 cm³/mol. The topological polar surface area (TPSA) is 99.0 Å². The van der Waals surface area contributed by atoms with Gasteiger partial charge in [-0.15, -0.1) is 0 Å². The van der Waals surface area contributed by atoms with E-state index < -0.39 is 0 Å². The van der Waals surface area contributed by atoms with E-state index in [2.05, 4.69) is 15.4 Å². The molecule has 28 heavy (non-hydrogen) atoms. The first-order valence-electron chi connectivity index (χ1n) is 8.43. The molecule has 3 aromatic heterocycles. The molecular weight excluding hydrogens is 378 g/mol. The molecule has 4 aromatic rings. The summed E-state index contributed by atoms with van der Waals surface area (Å²) < 4.78 is 7.09. The summed E-state index contributed by atoms with van der Waals surface area (Å²) in [5.41, 5.74) is 8.76. The largest absolute Gasteiger partial charge is 0.463 e. The summed E-state index contributed by atoms with van der Waals surface area (Å²) in [4.78, 5) is 16.6. The Labute approximate surface area is 165 Å². The lowest BCUT2D eigenvalue weighted by atomic mass is 10.1. The number of furan rings is 1. The fourth-order valence-corrected chi connectivity index (χ4v) is 3.03. The summed E-state index contributed by atoms with van der Waals surface area (Å²) in [7, 11) is 1.82. The number of rotatable bonds is 4. The Morgan fingerprint density at radius 3 is 2.75 bits per heavy atom. The minimum absolute atomic E-state index is 0.276.